The number of anilines is 1. The number of piperidine rings is 1. The number of nitrogens with one attached hydrogen (secondary N) is 2. The molecule has 1 atom stereocenters. The van der Waals surface area contributed by atoms with Gasteiger partial charge in [-0.25, -0.2) is 9.97 Å². The average molecular weight is 418 g/mol. The Labute approximate surface area is 182 Å². The molecule has 2 N–H and O–H groups in total. The van der Waals surface area contributed by atoms with Crippen LogP contribution in [0.15, 0.2) is 43.0 Å². The fourth-order valence-electron chi connectivity index (χ4n) is 3.87. The van der Waals surface area contributed by atoms with E-state index in [9.17, 15) is 0 Å². The maximum absolute atomic E-state index is 5.34. The van der Waals surface area contributed by atoms with Gasteiger partial charge in [0.25, 0.3) is 0 Å². The Kier molecular flexibility index (Phi) is 6.27. The lowest BCUT2D eigenvalue weighted by atomic mass is 10.1. The number of likely N-dealkylation sites (tertiary alicyclic amines) is 1. The molecule has 0 aliphatic carbocycles. The first-order chi connectivity index (χ1) is 15.2. The first kappa shape index (κ1) is 20.6. The van der Waals surface area contributed by atoms with Gasteiger partial charge in [0, 0.05) is 37.0 Å². The maximum Gasteiger partial charge on any atom is 0.144 e. The maximum atomic E-state index is 5.34. The van der Waals surface area contributed by atoms with Crippen LogP contribution in [0.1, 0.15) is 31.0 Å². The number of aromatic nitrogens is 3. The molecule has 1 saturated heterocycles. The molecule has 2 aromatic heterocycles. The van der Waals surface area contributed by atoms with Crippen molar-refractivity contribution in [3.63, 3.8) is 0 Å². The smallest absolute Gasteiger partial charge is 0.144 e. The van der Waals surface area contributed by atoms with E-state index in [0.717, 1.165) is 48.2 Å². The van der Waals surface area contributed by atoms with Gasteiger partial charge in [0.15, 0.2) is 0 Å². The van der Waals surface area contributed by atoms with Crippen molar-refractivity contribution < 1.29 is 9.47 Å². The number of hydrogen-bond acceptors (Lipinski definition) is 6. The third kappa shape index (κ3) is 4.75. The van der Waals surface area contributed by atoms with Gasteiger partial charge in [-0.05, 0) is 44.0 Å². The van der Waals surface area contributed by atoms with Gasteiger partial charge >= 0.3 is 0 Å². The van der Waals surface area contributed by atoms with Crippen molar-refractivity contribution in [2.24, 2.45) is 0 Å². The van der Waals surface area contributed by atoms with Crippen LogP contribution in [-0.2, 0) is 0 Å². The predicted molar refractivity (Wildman–Crippen MR) is 122 cm³/mol. The van der Waals surface area contributed by atoms with Gasteiger partial charge in [0.2, 0.25) is 0 Å². The Morgan fingerprint density at radius 2 is 1.97 bits per heavy atom. The molecule has 7 heteroatoms. The molecule has 1 aliphatic rings. The van der Waals surface area contributed by atoms with Crippen molar-refractivity contribution in [2.45, 2.75) is 25.8 Å². The summed E-state index contributed by atoms with van der Waals surface area (Å²) in [7, 11) is 3.25. The van der Waals surface area contributed by atoms with Crippen molar-refractivity contribution in [3.8, 4) is 23.3 Å². The molecule has 7 nitrogen and oxygen atoms in total. The van der Waals surface area contributed by atoms with Gasteiger partial charge in [-0.3, -0.25) is 0 Å². The highest BCUT2D eigenvalue weighted by Gasteiger charge is 2.19. The number of rotatable bonds is 5. The standard InChI is InChI=1S/C24H27N5O2/c1-4-9-29-10-5-6-18(15-29)28-22-14-25-24-23(22)21(26-16-27-24)8-7-17-11-19(30-2)13-20(12-17)31-3/h4,9,11-14,16,18,28H,5-6,10,15H2,1-3H3,(H,25,26,27). The lowest BCUT2D eigenvalue weighted by Gasteiger charge is -2.32. The van der Waals surface area contributed by atoms with E-state index < -0.39 is 0 Å². The topological polar surface area (TPSA) is 75.3 Å². The highest BCUT2D eigenvalue weighted by atomic mass is 16.5. The minimum Gasteiger partial charge on any atom is -0.497 e. The Bertz CT molecular complexity index is 1120. The molecule has 0 bridgehead atoms. The van der Waals surface area contributed by atoms with Gasteiger partial charge < -0.3 is 24.7 Å². The van der Waals surface area contributed by atoms with Crippen molar-refractivity contribution in [3.05, 3.63) is 54.3 Å². The van der Waals surface area contributed by atoms with Crippen LogP contribution in [0.2, 0.25) is 0 Å². The van der Waals surface area contributed by atoms with Crippen LogP contribution in [0, 0.1) is 11.8 Å². The average Bonchev–Trinajstić information content (AvgIpc) is 3.21. The lowest BCUT2D eigenvalue weighted by molar-refractivity contribution is 0.291. The Morgan fingerprint density at radius 1 is 1.16 bits per heavy atom. The van der Waals surface area contributed by atoms with Gasteiger partial charge in [-0.15, -0.1) is 0 Å². The zero-order chi connectivity index (χ0) is 21.6. The first-order valence-electron chi connectivity index (χ1n) is 10.4. The zero-order valence-electron chi connectivity index (χ0n) is 18.1. The normalized spacial score (nSPS) is 16.2. The van der Waals surface area contributed by atoms with Crippen LogP contribution in [0.4, 0.5) is 5.69 Å². The highest BCUT2D eigenvalue weighted by Crippen LogP contribution is 2.27. The fourth-order valence-corrected chi connectivity index (χ4v) is 3.87. The lowest BCUT2D eigenvalue weighted by Crippen LogP contribution is -2.39. The molecule has 0 radical (unpaired) electrons. The number of aromatic amines is 1. The number of allylic oxidation sites excluding steroid dienone is 1. The van der Waals surface area contributed by atoms with Crippen LogP contribution in [0.25, 0.3) is 11.0 Å². The number of nitrogens with zero attached hydrogens (tertiary/aromatic N) is 3. The number of fused-ring (bicyclic) bond motifs is 1. The molecule has 1 aliphatic heterocycles. The van der Waals surface area contributed by atoms with Crippen molar-refractivity contribution in [1.29, 1.82) is 0 Å². The summed E-state index contributed by atoms with van der Waals surface area (Å²) >= 11 is 0. The highest BCUT2D eigenvalue weighted by molar-refractivity contribution is 5.94. The van der Waals surface area contributed by atoms with E-state index >= 15 is 0 Å². The van der Waals surface area contributed by atoms with E-state index in [1.165, 1.54) is 6.33 Å². The van der Waals surface area contributed by atoms with Crippen molar-refractivity contribution in [1.82, 2.24) is 19.9 Å². The van der Waals surface area contributed by atoms with Crippen molar-refractivity contribution in [2.75, 3.05) is 32.6 Å². The molecule has 31 heavy (non-hydrogen) atoms. The van der Waals surface area contributed by atoms with E-state index in [1.807, 2.05) is 24.4 Å². The van der Waals surface area contributed by atoms with Gasteiger partial charge in [-0.1, -0.05) is 12.0 Å². The molecule has 0 spiro atoms. The summed E-state index contributed by atoms with van der Waals surface area (Å²) in [6.07, 6.45) is 10.0. The quantitative estimate of drug-likeness (QED) is 0.616. The molecule has 1 aromatic carbocycles. The first-order valence-corrected chi connectivity index (χ1v) is 10.4. The van der Waals surface area contributed by atoms with E-state index in [2.05, 4.69) is 56.2 Å². The zero-order valence-corrected chi connectivity index (χ0v) is 18.1. The third-order valence-corrected chi connectivity index (χ3v) is 5.32. The second-order valence-corrected chi connectivity index (χ2v) is 7.46. The molecular weight excluding hydrogens is 390 g/mol. The molecule has 160 valence electrons. The summed E-state index contributed by atoms with van der Waals surface area (Å²) in [6.45, 7) is 4.12. The largest absolute Gasteiger partial charge is 0.497 e. The fraction of sp³-hybridized carbons (Fsp3) is 0.333. The minimum atomic E-state index is 0.354. The number of ether oxygens (including phenoxy) is 2. The predicted octanol–water partition coefficient (Wildman–Crippen LogP) is 3.78. The Morgan fingerprint density at radius 3 is 2.71 bits per heavy atom. The Hall–Kier alpha value is -3.66. The van der Waals surface area contributed by atoms with Crippen LogP contribution >= 0.6 is 0 Å². The summed E-state index contributed by atoms with van der Waals surface area (Å²) in [5, 5.41) is 4.58. The van der Waals surface area contributed by atoms with Crippen molar-refractivity contribution >= 4 is 16.7 Å². The molecule has 0 amide bonds. The Balaban J connectivity index is 1.64. The second-order valence-electron chi connectivity index (χ2n) is 7.46. The molecule has 0 saturated carbocycles. The third-order valence-electron chi connectivity index (χ3n) is 5.32. The van der Waals surface area contributed by atoms with Crippen LogP contribution in [-0.4, -0.2) is 53.2 Å². The van der Waals surface area contributed by atoms with Crippen LogP contribution in [0.5, 0.6) is 11.5 Å². The summed E-state index contributed by atoms with van der Waals surface area (Å²) in [4.78, 5) is 14.4. The molecule has 1 unspecified atom stereocenters. The van der Waals surface area contributed by atoms with E-state index in [1.54, 1.807) is 14.2 Å². The second kappa shape index (κ2) is 9.43. The number of H-pyrrole nitrogens is 1. The summed E-state index contributed by atoms with van der Waals surface area (Å²) in [6, 6.07) is 5.93. The summed E-state index contributed by atoms with van der Waals surface area (Å²) in [5.41, 5.74) is 3.22. The van der Waals surface area contributed by atoms with Gasteiger partial charge in [0.05, 0.1) is 25.3 Å². The SMILES string of the molecule is CC=CN1CCCC(Nc2c[nH]c3ncnc(C#Cc4cc(OC)cc(OC)c4)c23)C1. The number of hydrogen-bond donors (Lipinski definition) is 2. The molecule has 3 heterocycles. The molecule has 3 aromatic rings. The summed E-state index contributed by atoms with van der Waals surface area (Å²) in [5.74, 6) is 7.79. The van der Waals surface area contributed by atoms with Crippen LogP contribution in [0.3, 0.4) is 0 Å². The monoisotopic (exact) mass is 417 g/mol. The van der Waals surface area contributed by atoms with E-state index in [-0.39, 0.29) is 0 Å². The van der Waals surface area contributed by atoms with Gasteiger partial charge in [0.1, 0.15) is 29.2 Å². The summed E-state index contributed by atoms with van der Waals surface area (Å²) < 4.78 is 10.7. The van der Waals surface area contributed by atoms with Crippen LogP contribution < -0.4 is 14.8 Å². The minimum absolute atomic E-state index is 0.354. The molecule has 1 fully saturated rings. The van der Waals surface area contributed by atoms with E-state index in [4.69, 9.17) is 9.47 Å². The number of benzene rings is 1. The number of methoxy groups -OCH3 is 2. The van der Waals surface area contributed by atoms with E-state index in [0.29, 0.717) is 23.2 Å². The molecule has 4 rings (SSSR count). The van der Waals surface area contributed by atoms with Gasteiger partial charge in [-0.2, -0.15) is 0 Å². The molecular formula is C24H27N5O2.